The molecule has 0 radical (unpaired) electrons. The number of nitro groups is 1. The van der Waals surface area contributed by atoms with E-state index >= 15 is 0 Å². The smallest absolute Gasteiger partial charge is 0.258 e. The van der Waals surface area contributed by atoms with Crippen LogP contribution in [0.4, 0.5) is 5.69 Å². The summed E-state index contributed by atoms with van der Waals surface area (Å²) in [7, 11) is 0. The summed E-state index contributed by atoms with van der Waals surface area (Å²) in [5.41, 5.74) is 1.41. The molecule has 0 saturated heterocycles. The quantitative estimate of drug-likeness (QED) is 0.475. The van der Waals surface area contributed by atoms with Crippen LogP contribution in [0, 0.1) is 17.0 Å². The van der Waals surface area contributed by atoms with Gasteiger partial charge in [-0.2, -0.15) is 0 Å². The van der Waals surface area contributed by atoms with Gasteiger partial charge in [0.2, 0.25) is 0 Å². The normalized spacial score (nSPS) is 10.7. The third-order valence-corrected chi connectivity index (χ3v) is 2.05. The average molecular weight is 257 g/mol. The van der Waals surface area contributed by atoms with E-state index in [9.17, 15) is 10.1 Å². The van der Waals surface area contributed by atoms with Crippen LogP contribution in [-0.2, 0) is 0 Å². The topological polar surface area (TPSA) is 56.0 Å². The van der Waals surface area contributed by atoms with E-state index in [1.807, 2.05) is 12.2 Å². The van der Waals surface area contributed by atoms with E-state index in [2.05, 4.69) is 20.9 Å². The molecule has 1 aromatic rings. The Balaban J connectivity index is 3.00. The van der Waals surface area contributed by atoms with Gasteiger partial charge in [-0.1, -0.05) is 22.0 Å². The Bertz CT molecular complexity index is 377. The highest BCUT2D eigenvalue weighted by atomic mass is 79.9. The first-order chi connectivity index (χ1) is 6.65. The van der Waals surface area contributed by atoms with Crippen LogP contribution in [0.25, 0.3) is 6.08 Å². The number of pyridine rings is 1. The minimum Gasteiger partial charge on any atom is -0.258 e. The molecule has 0 aliphatic heterocycles. The van der Waals surface area contributed by atoms with Crippen molar-refractivity contribution in [1.82, 2.24) is 4.98 Å². The molecule has 0 bridgehead atoms. The van der Waals surface area contributed by atoms with Crippen LogP contribution >= 0.6 is 15.9 Å². The maximum Gasteiger partial charge on any atom is 0.290 e. The molecule has 5 heteroatoms. The van der Waals surface area contributed by atoms with E-state index in [4.69, 9.17) is 0 Å². The van der Waals surface area contributed by atoms with Crippen molar-refractivity contribution < 1.29 is 4.92 Å². The molecule has 0 N–H and O–H groups in total. The molecular formula is C9H9BrN2O2. The van der Waals surface area contributed by atoms with Crippen molar-refractivity contribution in [1.29, 1.82) is 0 Å². The van der Waals surface area contributed by atoms with Crippen molar-refractivity contribution >= 4 is 27.7 Å². The molecule has 0 aliphatic rings. The second-order valence-electron chi connectivity index (χ2n) is 2.71. The van der Waals surface area contributed by atoms with Gasteiger partial charge in [0.15, 0.2) is 0 Å². The molecule has 0 unspecified atom stereocenters. The molecule has 0 aliphatic carbocycles. The molecule has 14 heavy (non-hydrogen) atoms. The molecule has 0 saturated carbocycles. The second kappa shape index (κ2) is 4.85. The fourth-order valence-corrected chi connectivity index (χ4v) is 1.21. The molecule has 1 rings (SSSR count). The number of allylic oxidation sites excluding steroid dienone is 1. The zero-order chi connectivity index (χ0) is 10.6. The number of halogens is 1. The zero-order valence-electron chi connectivity index (χ0n) is 7.61. The van der Waals surface area contributed by atoms with Crippen molar-refractivity contribution in [2.75, 3.05) is 5.33 Å². The molecule has 0 spiro atoms. The Hall–Kier alpha value is -1.23. The van der Waals surface area contributed by atoms with Crippen molar-refractivity contribution in [3.63, 3.8) is 0 Å². The molecule has 1 heterocycles. The molecule has 0 fully saturated rings. The number of hydrogen-bond acceptors (Lipinski definition) is 3. The molecule has 1 aromatic heterocycles. The molecule has 74 valence electrons. The predicted molar refractivity (Wildman–Crippen MR) is 58.5 cm³/mol. The molecule has 0 aromatic carbocycles. The number of hydrogen-bond donors (Lipinski definition) is 0. The molecular weight excluding hydrogens is 248 g/mol. The predicted octanol–water partition coefficient (Wildman–Crippen LogP) is 2.71. The minimum atomic E-state index is -0.430. The van der Waals surface area contributed by atoms with Gasteiger partial charge >= 0.3 is 0 Å². The van der Waals surface area contributed by atoms with Crippen molar-refractivity contribution in [3.05, 3.63) is 39.7 Å². The summed E-state index contributed by atoms with van der Waals surface area (Å²) >= 11 is 3.24. The van der Waals surface area contributed by atoms with E-state index in [-0.39, 0.29) is 5.69 Å². The number of nitrogens with zero attached hydrogens (tertiary/aromatic N) is 2. The highest BCUT2D eigenvalue weighted by molar-refractivity contribution is 9.09. The van der Waals surface area contributed by atoms with Crippen molar-refractivity contribution in [3.8, 4) is 0 Å². The Labute approximate surface area is 89.9 Å². The lowest BCUT2D eigenvalue weighted by Gasteiger charge is -1.97. The number of alkyl halides is 1. The van der Waals surface area contributed by atoms with Gasteiger partial charge < -0.3 is 0 Å². The summed E-state index contributed by atoms with van der Waals surface area (Å²) in [5.74, 6) is 0. The lowest BCUT2D eigenvalue weighted by molar-refractivity contribution is -0.385. The van der Waals surface area contributed by atoms with Crippen molar-refractivity contribution in [2.45, 2.75) is 6.92 Å². The largest absolute Gasteiger partial charge is 0.290 e. The van der Waals surface area contributed by atoms with Crippen LogP contribution in [0.1, 0.15) is 11.3 Å². The number of aryl methyl sites for hydroxylation is 1. The van der Waals surface area contributed by atoms with Gasteiger partial charge in [0.05, 0.1) is 10.6 Å². The van der Waals surface area contributed by atoms with Gasteiger partial charge in [0.1, 0.15) is 6.20 Å². The number of aromatic nitrogens is 1. The summed E-state index contributed by atoms with van der Waals surface area (Å²) in [6, 6.07) is 1.69. The third kappa shape index (κ3) is 2.63. The van der Waals surface area contributed by atoms with Gasteiger partial charge in [-0.15, -0.1) is 0 Å². The highest BCUT2D eigenvalue weighted by Gasteiger charge is 2.09. The fraction of sp³-hybridized carbons (Fsp3) is 0.222. The Morgan fingerprint density at radius 1 is 1.71 bits per heavy atom. The summed E-state index contributed by atoms with van der Waals surface area (Å²) in [4.78, 5) is 14.0. The Kier molecular flexibility index (Phi) is 3.76. The van der Waals surface area contributed by atoms with E-state index in [0.29, 0.717) is 5.56 Å². The van der Waals surface area contributed by atoms with Crippen LogP contribution < -0.4 is 0 Å². The third-order valence-electron chi connectivity index (χ3n) is 1.68. The van der Waals surface area contributed by atoms with Crippen LogP contribution in [0.15, 0.2) is 18.3 Å². The average Bonchev–Trinajstić information content (AvgIpc) is 2.14. The minimum absolute atomic E-state index is 0.0565. The Morgan fingerprint density at radius 2 is 2.43 bits per heavy atom. The summed E-state index contributed by atoms with van der Waals surface area (Å²) in [6.45, 7) is 1.70. The number of rotatable bonds is 3. The SMILES string of the molecule is Cc1cc(C=CCBr)ncc1[N+](=O)[O-]. The molecule has 0 amide bonds. The first kappa shape index (κ1) is 10.8. The highest BCUT2D eigenvalue weighted by Crippen LogP contribution is 2.16. The van der Waals surface area contributed by atoms with Crippen LogP contribution in [-0.4, -0.2) is 15.2 Å². The van der Waals surface area contributed by atoms with Gasteiger partial charge in [-0.05, 0) is 19.1 Å². The lowest BCUT2D eigenvalue weighted by Crippen LogP contribution is -1.93. The molecule has 4 nitrogen and oxygen atoms in total. The van der Waals surface area contributed by atoms with Gasteiger partial charge in [0, 0.05) is 10.9 Å². The summed E-state index contributed by atoms with van der Waals surface area (Å²) in [6.07, 6.45) is 4.97. The second-order valence-corrected chi connectivity index (χ2v) is 3.36. The first-order valence-electron chi connectivity index (χ1n) is 3.98. The molecule has 0 atom stereocenters. The summed E-state index contributed by atoms with van der Waals surface area (Å²) < 4.78 is 0. The van der Waals surface area contributed by atoms with Gasteiger partial charge in [0.25, 0.3) is 5.69 Å². The van der Waals surface area contributed by atoms with Crippen LogP contribution in [0.5, 0.6) is 0 Å². The van der Waals surface area contributed by atoms with E-state index < -0.39 is 4.92 Å². The maximum atomic E-state index is 10.5. The lowest BCUT2D eigenvalue weighted by atomic mass is 10.2. The fourth-order valence-electron chi connectivity index (χ4n) is 1.02. The van der Waals surface area contributed by atoms with E-state index in [1.54, 1.807) is 13.0 Å². The van der Waals surface area contributed by atoms with Crippen molar-refractivity contribution in [2.24, 2.45) is 0 Å². The van der Waals surface area contributed by atoms with Crippen LogP contribution in [0.3, 0.4) is 0 Å². The first-order valence-corrected chi connectivity index (χ1v) is 5.11. The van der Waals surface area contributed by atoms with E-state index in [0.717, 1.165) is 11.0 Å². The maximum absolute atomic E-state index is 10.5. The summed E-state index contributed by atoms with van der Waals surface area (Å²) in [5, 5.41) is 11.2. The van der Waals surface area contributed by atoms with Gasteiger partial charge in [-0.25, -0.2) is 4.98 Å². The Morgan fingerprint density at radius 3 is 2.93 bits per heavy atom. The monoisotopic (exact) mass is 256 g/mol. The van der Waals surface area contributed by atoms with E-state index in [1.165, 1.54) is 6.20 Å². The standard InChI is InChI=1S/C9H9BrN2O2/c1-7-5-8(3-2-4-10)11-6-9(7)12(13)14/h2-3,5-6H,4H2,1H3. The van der Waals surface area contributed by atoms with Crippen LogP contribution in [0.2, 0.25) is 0 Å². The zero-order valence-corrected chi connectivity index (χ0v) is 9.19. The van der Waals surface area contributed by atoms with Gasteiger partial charge in [-0.3, -0.25) is 10.1 Å².